The van der Waals surface area contributed by atoms with Crippen LogP contribution in [0.2, 0.25) is 0 Å². The zero-order valence-electron chi connectivity index (χ0n) is 20.8. The SMILES string of the molecule is O=C(O[C@H]1C[N+]2(CCCOc3ccccc3)CCC1CC2)[C@@](O)(c1ccccc1)C1CCCCC1. The van der Waals surface area contributed by atoms with Gasteiger partial charge in [-0.1, -0.05) is 67.8 Å². The summed E-state index contributed by atoms with van der Waals surface area (Å²) in [6, 6.07) is 19.5. The predicted molar refractivity (Wildman–Crippen MR) is 136 cm³/mol. The van der Waals surface area contributed by atoms with Gasteiger partial charge in [0, 0.05) is 31.1 Å². The first kappa shape index (κ1) is 24.3. The van der Waals surface area contributed by atoms with Crippen LogP contribution in [0.1, 0.15) is 56.9 Å². The number of rotatable bonds is 9. The standard InChI is InChI=1S/C30H40NO4/c32-29(30(33,25-11-4-1-5-12-25)26-13-6-2-7-14-26)35-28-23-31(20-17-24(28)18-21-31)19-10-22-34-27-15-8-3-9-16-27/h1,3-5,8-9,11-12,15-16,24,26,28,33H,2,6-7,10,13-14,17-23H2/q+1/t24?,28-,30+,31?/m0/s1. The number of para-hydroxylation sites is 1. The van der Waals surface area contributed by atoms with Crippen molar-refractivity contribution in [3.63, 3.8) is 0 Å². The number of esters is 1. The van der Waals surface area contributed by atoms with Gasteiger partial charge >= 0.3 is 5.97 Å². The summed E-state index contributed by atoms with van der Waals surface area (Å²) >= 11 is 0. The fraction of sp³-hybridized carbons (Fsp3) is 0.567. The van der Waals surface area contributed by atoms with Crippen molar-refractivity contribution >= 4 is 5.97 Å². The maximum absolute atomic E-state index is 13.7. The molecule has 5 nitrogen and oxygen atoms in total. The third kappa shape index (κ3) is 5.26. The number of piperidine rings is 3. The van der Waals surface area contributed by atoms with Crippen LogP contribution < -0.4 is 4.74 Å². The van der Waals surface area contributed by atoms with Crippen molar-refractivity contribution in [3.05, 3.63) is 66.2 Å². The maximum Gasteiger partial charge on any atom is 0.343 e. The molecule has 188 valence electrons. The van der Waals surface area contributed by atoms with E-state index in [2.05, 4.69) is 0 Å². The van der Waals surface area contributed by atoms with E-state index in [1.165, 1.54) is 6.42 Å². The molecule has 2 aromatic carbocycles. The van der Waals surface area contributed by atoms with Crippen LogP contribution in [0.3, 0.4) is 0 Å². The Balaban J connectivity index is 1.24. The number of carbonyl (C=O) groups is 1. The van der Waals surface area contributed by atoms with E-state index in [4.69, 9.17) is 9.47 Å². The molecule has 1 saturated carbocycles. The number of carbonyl (C=O) groups excluding carboxylic acids is 1. The molecule has 0 radical (unpaired) electrons. The van der Waals surface area contributed by atoms with Crippen LogP contribution in [0.15, 0.2) is 60.7 Å². The average molecular weight is 479 g/mol. The predicted octanol–water partition coefficient (Wildman–Crippen LogP) is 5.08. The number of fused-ring (bicyclic) bond motifs is 3. The fourth-order valence-electron chi connectivity index (χ4n) is 6.74. The third-order valence-electron chi connectivity index (χ3n) is 8.81. The van der Waals surface area contributed by atoms with E-state index in [1.807, 2.05) is 60.7 Å². The summed E-state index contributed by atoms with van der Waals surface area (Å²) in [6.45, 7) is 4.90. The number of aliphatic hydroxyl groups is 1. The number of ether oxygens (including phenoxy) is 2. The molecule has 5 heteroatoms. The normalized spacial score (nSPS) is 28.3. The second kappa shape index (κ2) is 10.7. The van der Waals surface area contributed by atoms with Crippen LogP contribution in [0.4, 0.5) is 0 Å². The van der Waals surface area contributed by atoms with Gasteiger partial charge in [-0.25, -0.2) is 4.79 Å². The summed E-state index contributed by atoms with van der Waals surface area (Å²) in [5.41, 5.74) is -0.873. The minimum absolute atomic E-state index is 0.0782. The third-order valence-corrected chi connectivity index (χ3v) is 8.81. The lowest BCUT2D eigenvalue weighted by Crippen LogP contribution is -2.65. The molecule has 3 aliphatic heterocycles. The smallest absolute Gasteiger partial charge is 0.343 e. The zero-order valence-corrected chi connectivity index (χ0v) is 20.8. The molecular formula is C30H40NO4+. The Morgan fingerprint density at radius 1 is 0.914 bits per heavy atom. The van der Waals surface area contributed by atoms with Gasteiger partial charge in [0.1, 0.15) is 12.3 Å². The molecule has 6 rings (SSSR count). The van der Waals surface area contributed by atoms with Crippen molar-refractivity contribution in [1.29, 1.82) is 0 Å². The van der Waals surface area contributed by atoms with Gasteiger partial charge in [0.2, 0.25) is 0 Å². The van der Waals surface area contributed by atoms with Crippen LogP contribution in [-0.2, 0) is 15.1 Å². The van der Waals surface area contributed by atoms with Crippen LogP contribution in [0.25, 0.3) is 0 Å². The number of quaternary nitrogens is 1. The first-order valence-electron chi connectivity index (χ1n) is 13.6. The summed E-state index contributed by atoms with van der Waals surface area (Å²) in [4.78, 5) is 13.7. The van der Waals surface area contributed by atoms with Crippen LogP contribution >= 0.6 is 0 Å². The number of hydrogen-bond acceptors (Lipinski definition) is 4. The number of benzene rings is 2. The lowest BCUT2D eigenvalue weighted by atomic mass is 9.73. The molecule has 2 atom stereocenters. The fourth-order valence-corrected chi connectivity index (χ4v) is 6.74. The maximum atomic E-state index is 13.7. The highest BCUT2D eigenvalue weighted by molar-refractivity contribution is 5.81. The molecule has 0 amide bonds. The molecule has 3 heterocycles. The molecule has 1 N–H and O–H groups in total. The minimum Gasteiger partial charge on any atom is -0.493 e. The Labute approximate surface area is 209 Å². The van der Waals surface area contributed by atoms with Gasteiger partial charge in [-0.2, -0.15) is 0 Å². The minimum atomic E-state index is -1.55. The van der Waals surface area contributed by atoms with Crippen molar-refractivity contribution in [2.45, 2.75) is 63.1 Å². The van der Waals surface area contributed by atoms with Gasteiger partial charge in [0.15, 0.2) is 11.7 Å². The van der Waals surface area contributed by atoms with Gasteiger partial charge in [0.25, 0.3) is 0 Å². The topological polar surface area (TPSA) is 55.8 Å². The van der Waals surface area contributed by atoms with Gasteiger partial charge in [-0.15, -0.1) is 0 Å². The molecule has 2 bridgehead atoms. The van der Waals surface area contributed by atoms with Gasteiger partial charge < -0.3 is 19.1 Å². The number of nitrogens with zero attached hydrogens (tertiary/aromatic N) is 1. The van der Waals surface area contributed by atoms with E-state index >= 15 is 0 Å². The largest absolute Gasteiger partial charge is 0.493 e. The highest BCUT2D eigenvalue weighted by atomic mass is 16.6. The molecule has 0 spiro atoms. The Hall–Kier alpha value is -2.37. The van der Waals surface area contributed by atoms with Crippen LogP contribution in [-0.4, -0.2) is 54.4 Å². The molecular weight excluding hydrogens is 438 g/mol. The highest BCUT2D eigenvalue weighted by Crippen LogP contribution is 2.42. The quantitative estimate of drug-likeness (QED) is 0.310. The Morgan fingerprint density at radius 2 is 1.57 bits per heavy atom. The van der Waals surface area contributed by atoms with Gasteiger partial charge in [0.05, 0.1) is 26.2 Å². The second-order valence-corrected chi connectivity index (χ2v) is 11.0. The first-order chi connectivity index (χ1) is 17.1. The van der Waals surface area contributed by atoms with Crippen molar-refractivity contribution in [2.24, 2.45) is 11.8 Å². The molecule has 1 aliphatic carbocycles. The summed E-state index contributed by atoms with van der Waals surface area (Å²) < 4.78 is 13.2. The van der Waals surface area contributed by atoms with Gasteiger partial charge in [-0.3, -0.25) is 0 Å². The summed E-state index contributed by atoms with van der Waals surface area (Å²) in [6.07, 6.45) is 8.08. The number of hydrogen-bond donors (Lipinski definition) is 1. The van der Waals surface area contributed by atoms with E-state index < -0.39 is 11.6 Å². The van der Waals surface area contributed by atoms with Crippen LogP contribution in [0.5, 0.6) is 5.75 Å². The second-order valence-electron chi connectivity index (χ2n) is 11.0. The Morgan fingerprint density at radius 3 is 2.26 bits per heavy atom. The monoisotopic (exact) mass is 478 g/mol. The molecule has 2 aromatic rings. The zero-order chi connectivity index (χ0) is 24.1. The summed E-state index contributed by atoms with van der Waals surface area (Å²) in [7, 11) is 0. The van der Waals surface area contributed by atoms with E-state index in [0.717, 1.165) is 81.4 Å². The molecule has 0 unspecified atom stereocenters. The van der Waals surface area contributed by atoms with E-state index in [0.29, 0.717) is 18.1 Å². The van der Waals surface area contributed by atoms with E-state index in [1.54, 1.807) is 0 Å². The Kier molecular flexibility index (Phi) is 7.45. The van der Waals surface area contributed by atoms with Crippen molar-refractivity contribution < 1.29 is 23.9 Å². The highest BCUT2D eigenvalue weighted by Gasteiger charge is 2.52. The molecule has 4 fully saturated rings. The van der Waals surface area contributed by atoms with Crippen molar-refractivity contribution in [3.8, 4) is 5.75 Å². The van der Waals surface area contributed by atoms with Crippen molar-refractivity contribution in [2.75, 3.05) is 32.8 Å². The van der Waals surface area contributed by atoms with Crippen LogP contribution in [0, 0.1) is 11.8 Å². The summed E-state index contributed by atoms with van der Waals surface area (Å²) in [5, 5.41) is 11.9. The first-order valence-corrected chi connectivity index (χ1v) is 13.6. The van der Waals surface area contributed by atoms with E-state index in [9.17, 15) is 9.90 Å². The molecule has 3 saturated heterocycles. The lowest BCUT2D eigenvalue weighted by molar-refractivity contribution is -0.946. The summed E-state index contributed by atoms with van der Waals surface area (Å²) in [5.74, 6) is 0.816. The molecule has 35 heavy (non-hydrogen) atoms. The van der Waals surface area contributed by atoms with Gasteiger partial charge in [-0.05, 0) is 30.5 Å². The van der Waals surface area contributed by atoms with E-state index in [-0.39, 0.29) is 12.0 Å². The molecule has 4 aliphatic rings. The lowest BCUT2D eigenvalue weighted by Gasteiger charge is -2.52. The molecule has 0 aromatic heterocycles. The Bertz CT molecular complexity index is 951. The average Bonchev–Trinajstić information content (AvgIpc) is 2.93. The van der Waals surface area contributed by atoms with Crippen molar-refractivity contribution in [1.82, 2.24) is 0 Å².